The third-order valence-electron chi connectivity index (χ3n) is 5.50. The zero-order valence-corrected chi connectivity index (χ0v) is 17.8. The SMILES string of the molecule is CCN1CCN(Cc2ccc(OC[C@@H](O)CN(C)Cc3ccccc3)cc2)CC1. The number of benzene rings is 2. The molecule has 0 saturated carbocycles. The number of likely N-dealkylation sites (N-methyl/N-ethyl adjacent to an activating group) is 2. The summed E-state index contributed by atoms with van der Waals surface area (Å²) in [5, 5.41) is 10.3. The Hall–Kier alpha value is -1.92. The van der Waals surface area contributed by atoms with Crippen LogP contribution in [0.4, 0.5) is 0 Å². The third kappa shape index (κ3) is 7.44. The molecule has 1 heterocycles. The van der Waals surface area contributed by atoms with Gasteiger partial charge in [0.1, 0.15) is 18.5 Å². The predicted octanol–water partition coefficient (Wildman–Crippen LogP) is 2.70. The minimum atomic E-state index is -0.516. The van der Waals surface area contributed by atoms with Crippen LogP contribution in [0.25, 0.3) is 0 Å². The minimum absolute atomic E-state index is 0.303. The second-order valence-electron chi connectivity index (χ2n) is 8.00. The second kappa shape index (κ2) is 11.3. The van der Waals surface area contributed by atoms with Crippen molar-refractivity contribution in [1.29, 1.82) is 0 Å². The van der Waals surface area contributed by atoms with Gasteiger partial charge >= 0.3 is 0 Å². The highest BCUT2D eigenvalue weighted by Crippen LogP contribution is 2.15. The van der Waals surface area contributed by atoms with Gasteiger partial charge in [0, 0.05) is 45.8 Å². The van der Waals surface area contributed by atoms with Gasteiger partial charge in [0.05, 0.1) is 0 Å². The first-order valence-electron chi connectivity index (χ1n) is 10.7. The highest BCUT2D eigenvalue weighted by atomic mass is 16.5. The van der Waals surface area contributed by atoms with Crippen molar-refractivity contribution >= 4 is 0 Å². The van der Waals surface area contributed by atoms with Crippen LogP contribution in [-0.2, 0) is 13.1 Å². The van der Waals surface area contributed by atoms with Crippen LogP contribution in [0.5, 0.6) is 5.75 Å². The monoisotopic (exact) mass is 397 g/mol. The molecular formula is C24H35N3O2. The second-order valence-corrected chi connectivity index (χ2v) is 8.00. The van der Waals surface area contributed by atoms with Crippen molar-refractivity contribution in [1.82, 2.24) is 14.7 Å². The molecule has 0 bridgehead atoms. The van der Waals surface area contributed by atoms with Gasteiger partial charge in [-0.3, -0.25) is 9.80 Å². The largest absolute Gasteiger partial charge is 0.491 e. The van der Waals surface area contributed by atoms with E-state index < -0.39 is 6.10 Å². The number of hydrogen-bond acceptors (Lipinski definition) is 5. The molecule has 1 fully saturated rings. The Labute approximate surface area is 175 Å². The van der Waals surface area contributed by atoms with Crippen LogP contribution in [0.2, 0.25) is 0 Å². The summed E-state index contributed by atoms with van der Waals surface area (Å²) in [6.07, 6.45) is -0.516. The summed E-state index contributed by atoms with van der Waals surface area (Å²) in [7, 11) is 2.02. The van der Waals surface area contributed by atoms with Gasteiger partial charge in [0.25, 0.3) is 0 Å². The summed E-state index contributed by atoms with van der Waals surface area (Å²) in [6.45, 7) is 10.7. The van der Waals surface area contributed by atoms with Crippen LogP contribution in [-0.4, -0.2) is 78.8 Å². The maximum absolute atomic E-state index is 10.3. The van der Waals surface area contributed by atoms with Gasteiger partial charge in [0.2, 0.25) is 0 Å². The molecule has 0 radical (unpaired) electrons. The summed E-state index contributed by atoms with van der Waals surface area (Å²) < 4.78 is 5.80. The average Bonchev–Trinajstić information content (AvgIpc) is 2.74. The molecule has 2 aromatic carbocycles. The molecular weight excluding hydrogens is 362 g/mol. The summed E-state index contributed by atoms with van der Waals surface area (Å²) in [6, 6.07) is 18.6. The molecule has 29 heavy (non-hydrogen) atoms. The van der Waals surface area contributed by atoms with E-state index in [0.717, 1.165) is 51.6 Å². The van der Waals surface area contributed by atoms with Crippen LogP contribution < -0.4 is 4.74 Å². The van der Waals surface area contributed by atoms with E-state index in [-0.39, 0.29) is 0 Å². The molecule has 1 atom stereocenters. The number of hydrogen-bond donors (Lipinski definition) is 1. The average molecular weight is 398 g/mol. The predicted molar refractivity (Wildman–Crippen MR) is 118 cm³/mol. The Balaban J connectivity index is 1.37. The highest BCUT2D eigenvalue weighted by Gasteiger charge is 2.15. The maximum atomic E-state index is 10.3. The smallest absolute Gasteiger partial charge is 0.119 e. The van der Waals surface area contributed by atoms with Gasteiger partial charge in [-0.15, -0.1) is 0 Å². The maximum Gasteiger partial charge on any atom is 0.119 e. The first-order valence-corrected chi connectivity index (χ1v) is 10.7. The molecule has 1 aliphatic rings. The molecule has 0 spiro atoms. The Morgan fingerprint density at radius 1 is 0.931 bits per heavy atom. The number of piperazine rings is 1. The quantitative estimate of drug-likeness (QED) is 0.667. The zero-order valence-electron chi connectivity index (χ0n) is 17.8. The fraction of sp³-hybridized carbons (Fsp3) is 0.500. The lowest BCUT2D eigenvalue weighted by molar-refractivity contribution is 0.0744. The highest BCUT2D eigenvalue weighted by molar-refractivity contribution is 5.27. The van der Waals surface area contributed by atoms with Crippen molar-refractivity contribution in [3.05, 3.63) is 65.7 Å². The van der Waals surface area contributed by atoms with Crippen molar-refractivity contribution in [3.63, 3.8) is 0 Å². The molecule has 0 aromatic heterocycles. The van der Waals surface area contributed by atoms with Gasteiger partial charge < -0.3 is 14.7 Å². The molecule has 3 rings (SSSR count). The molecule has 1 N–H and O–H groups in total. The summed E-state index contributed by atoms with van der Waals surface area (Å²) in [5.74, 6) is 0.814. The van der Waals surface area contributed by atoms with E-state index in [1.54, 1.807) is 0 Å². The Morgan fingerprint density at radius 3 is 2.24 bits per heavy atom. The first-order chi connectivity index (χ1) is 14.1. The van der Waals surface area contributed by atoms with E-state index in [4.69, 9.17) is 4.74 Å². The fourth-order valence-electron chi connectivity index (χ4n) is 3.78. The third-order valence-corrected chi connectivity index (χ3v) is 5.50. The molecule has 1 aliphatic heterocycles. The van der Waals surface area contributed by atoms with Crippen molar-refractivity contribution in [3.8, 4) is 5.75 Å². The van der Waals surface area contributed by atoms with E-state index in [1.807, 2.05) is 37.4 Å². The number of rotatable bonds is 10. The van der Waals surface area contributed by atoms with E-state index in [0.29, 0.717) is 13.2 Å². The molecule has 2 aromatic rings. The van der Waals surface area contributed by atoms with Crippen molar-refractivity contribution in [2.75, 3.05) is 52.9 Å². The lowest BCUT2D eigenvalue weighted by Gasteiger charge is -2.34. The molecule has 5 heteroatoms. The zero-order chi connectivity index (χ0) is 20.5. The molecule has 0 amide bonds. The number of aliphatic hydroxyl groups is 1. The molecule has 0 aliphatic carbocycles. The lowest BCUT2D eigenvalue weighted by Crippen LogP contribution is -2.45. The molecule has 5 nitrogen and oxygen atoms in total. The van der Waals surface area contributed by atoms with E-state index in [9.17, 15) is 5.11 Å². The topological polar surface area (TPSA) is 39.2 Å². The van der Waals surface area contributed by atoms with E-state index >= 15 is 0 Å². The summed E-state index contributed by atoms with van der Waals surface area (Å²) in [5.41, 5.74) is 2.56. The van der Waals surface area contributed by atoms with Crippen LogP contribution in [0.15, 0.2) is 54.6 Å². The summed E-state index contributed by atoms with van der Waals surface area (Å²) in [4.78, 5) is 7.12. The Morgan fingerprint density at radius 2 is 1.59 bits per heavy atom. The van der Waals surface area contributed by atoms with Crippen LogP contribution in [0, 0.1) is 0 Å². The fourth-order valence-corrected chi connectivity index (χ4v) is 3.78. The normalized spacial score (nSPS) is 16.8. The Kier molecular flexibility index (Phi) is 8.50. The number of nitrogens with zero attached hydrogens (tertiary/aromatic N) is 3. The summed E-state index contributed by atoms with van der Waals surface area (Å²) >= 11 is 0. The lowest BCUT2D eigenvalue weighted by atomic mass is 10.2. The van der Waals surface area contributed by atoms with Gasteiger partial charge in [0.15, 0.2) is 0 Å². The Bertz CT molecular complexity index is 700. The standard InChI is InChI=1S/C24H35N3O2/c1-3-26-13-15-27(16-14-26)18-22-9-11-24(12-10-22)29-20-23(28)19-25(2)17-21-7-5-4-6-8-21/h4-12,23,28H,3,13-20H2,1-2H3/t23-/m0/s1. The van der Waals surface area contributed by atoms with Gasteiger partial charge in [-0.25, -0.2) is 0 Å². The van der Waals surface area contributed by atoms with E-state index in [1.165, 1.54) is 11.1 Å². The number of aliphatic hydroxyl groups excluding tert-OH is 1. The minimum Gasteiger partial charge on any atom is -0.491 e. The van der Waals surface area contributed by atoms with Crippen molar-refractivity contribution in [2.45, 2.75) is 26.1 Å². The van der Waals surface area contributed by atoms with Crippen molar-refractivity contribution < 1.29 is 9.84 Å². The van der Waals surface area contributed by atoms with Gasteiger partial charge in [-0.05, 0) is 36.9 Å². The van der Waals surface area contributed by atoms with Crippen LogP contribution >= 0.6 is 0 Å². The number of ether oxygens (including phenoxy) is 1. The van der Waals surface area contributed by atoms with Crippen molar-refractivity contribution in [2.24, 2.45) is 0 Å². The van der Waals surface area contributed by atoms with Gasteiger partial charge in [-0.1, -0.05) is 49.4 Å². The van der Waals surface area contributed by atoms with Gasteiger partial charge in [-0.2, -0.15) is 0 Å². The molecule has 158 valence electrons. The van der Waals surface area contributed by atoms with Crippen LogP contribution in [0.1, 0.15) is 18.1 Å². The molecule has 0 unspecified atom stereocenters. The molecule has 1 saturated heterocycles. The van der Waals surface area contributed by atoms with Crippen LogP contribution in [0.3, 0.4) is 0 Å². The van der Waals surface area contributed by atoms with E-state index in [2.05, 4.69) is 45.9 Å². The first kappa shape index (κ1) is 21.8.